The average Bonchev–Trinajstić information content (AvgIpc) is 3.82. The van der Waals surface area contributed by atoms with E-state index < -0.39 is 11.9 Å². The number of aliphatic hydroxyl groups is 1. The first-order valence-electron chi connectivity index (χ1n) is 27.6. The molecule has 0 saturated heterocycles. The van der Waals surface area contributed by atoms with E-state index in [0.717, 1.165) is 64.7 Å². The predicted molar refractivity (Wildman–Crippen MR) is 318 cm³/mol. The number of carbonyl (C=O) groups excluding carboxylic acids is 5. The Bertz CT molecular complexity index is 2810. The molecule has 17 heteroatoms. The van der Waals surface area contributed by atoms with E-state index in [0.29, 0.717) is 96.0 Å². The number of nitrogens with two attached hydrogens (primary N) is 1. The number of nitrogen functional groups attached to an aromatic ring is 1. The highest BCUT2D eigenvalue weighted by Gasteiger charge is 2.26. The first-order chi connectivity index (χ1) is 39.2. The number of hydrogen-bond acceptors (Lipinski definition) is 14. The highest BCUT2D eigenvalue weighted by Crippen LogP contribution is 2.42. The maximum atomic E-state index is 13.0. The number of likely N-dealkylation sites (N-methyl/N-ethyl adjacent to an activating group) is 1. The quantitative estimate of drug-likeness (QED) is 0.0176. The SMILES string of the molecule is CCCCCC#Cc1cccc(Cn2c(-c3ccccc3)c(-c3ccccc3)c3c(N)ncnc32)c1.CN(C(=O)c1c(C=O)cccc1NCCOCCOCCOCCNC=O)C(C=O)CCC=O.CNC.OC1CCCCC1. The van der Waals surface area contributed by atoms with Gasteiger partial charge in [0.1, 0.15) is 30.4 Å². The van der Waals surface area contributed by atoms with Gasteiger partial charge >= 0.3 is 0 Å². The Hall–Kier alpha value is -7.59. The fourth-order valence-electron chi connectivity index (χ4n) is 8.73. The van der Waals surface area contributed by atoms with Gasteiger partial charge in [0.05, 0.1) is 68.4 Å². The van der Waals surface area contributed by atoms with Crippen LogP contribution in [0.15, 0.2) is 109 Å². The summed E-state index contributed by atoms with van der Waals surface area (Å²) < 4.78 is 18.4. The first kappa shape index (κ1) is 64.9. The summed E-state index contributed by atoms with van der Waals surface area (Å²) in [5.74, 6) is 6.68. The summed E-state index contributed by atoms with van der Waals surface area (Å²) in [7, 11) is 5.22. The molecule has 1 unspecified atom stereocenters. The van der Waals surface area contributed by atoms with Crippen LogP contribution in [0.25, 0.3) is 33.4 Å². The monoisotopic (exact) mass is 1090 g/mol. The zero-order valence-corrected chi connectivity index (χ0v) is 47.1. The molecule has 428 valence electrons. The third-order valence-electron chi connectivity index (χ3n) is 12.7. The van der Waals surface area contributed by atoms with Gasteiger partial charge in [0.25, 0.3) is 5.91 Å². The number of ether oxygens (including phenoxy) is 3. The summed E-state index contributed by atoms with van der Waals surface area (Å²) in [6, 6.07) is 33.4. The van der Waals surface area contributed by atoms with Crippen molar-refractivity contribution in [3.8, 4) is 34.2 Å². The van der Waals surface area contributed by atoms with E-state index >= 15 is 0 Å². The van der Waals surface area contributed by atoms with Crippen molar-refractivity contribution in [1.29, 1.82) is 0 Å². The fourth-order valence-corrected chi connectivity index (χ4v) is 8.73. The number of hydrogen-bond donors (Lipinski definition) is 5. The summed E-state index contributed by atoms with van der Waals surface area (Å²) in [4.78, 5) is 67.0. The fraction of sp³-hybridized carbons (Fsp3) is 0.413. The lowest BCUT2D eigenvalue weighted by Gasteiger charge is -2.25. The maximum absolute atomic E-state index is 13.0. The number of aldehydes is 3. The standard InChI is InChI=1S/C32H30N4.C23H33N3O8.C6H12O.C2H7N/c1-2-3-4-5-8-14-24-15-13-16-25(21-24)22-36-30(27-19-11-7-12-20-27)28(26-17-9-6-10-18-26)29-31(33)34-23-35-32(29)36;1-26(20(17-29)5-3-9-27)23(31)22-19(16-28)4-2-6-21(22)25-8-11-33-13-15-34-14-12-32-10-7-24-18-30;7-6-4-2-1-3-5-6;1-3-2/h6-7,9-13,15-21,23H,2-5,22H2,1H3,(H2,33,34,35);2,4,6,9,16-18,20,25H,3,5,7-8,10-15H2,1H3,(H,24,30);6-7H,1-5H2;3H,1-2H3. The Balaban J connectivity index is 0.000000294. The van der Waals surface area contributed by atoms with Crippen molar-refractivity contribution in [2.75, 3.05) is 84.9 Å². The molecule has 2 amide bonds. The van der Waals surface area contributed by atoms with Gasteiger partial charge in [-0.2, -0.15) is 0 Å². The molecule has 17 nitrogen and oxygen atoms in total. The second-order valence-electron chi connectivity index (χ2n) is 18.8. The van der Waals surface area contributed by atoms with Crippen molar-refractivity contribution in [3.63, 3.8) is 0 Å². The van der Waals surface area contributed by atoms with Gasteiger partial charge in [-0.15, -0.1) is 0 Å². The van der Waals surface area contributed by atoms with Crippen LogP contribution in [-0.2, 0) is 35.1 Å². The van der Waals surface area contributed by atoms with Gasteiger partial charge in [-0.25, -0.2) is 9.97 Å². The normalized spacial score (nSPS) is 12.1. The number of anilines is 2. The van der Waals surface area contributed by atoms with Gasteiger partial charge in [-0.1, -0.05) is 136 Å². The molecule has 7 rings (SSSR count). The lowest BCUT2D eigenvalue weighted by molar-refractivity contribution is -0.112. The van der Waals surface area contributed by atoms with E-state index in [9.17, 15) is 24.0 Å². The molecule has 1 aliphatic rings. The summed E-state index contributed by atoms with van der Waals surface area (Å²) >= 11 is 0. The first-order valence-corrected chi connectivity index (χ1v) is 27.6. The van der Waals surface area contributed by atoms with E-state index in [2.05, 4.69) is 117 Å². The molecular formula is C63H82N8O9. The van der Waals surface area contributed by atoms with E-state index in [1.807, 2.05) is 26.2 Å². The molecular weight excluding hydrogens is 1010 g/mol. The molecule has 80 heavy (non-hydrogen) atoms. The summed E-state index contributed by atoms with van der Waals surface area (Å²) in [6.07, 6.45) is 14.9. The van der Waals surface area contributed by atoms with Crippen LogP contribution in [0.4, 0.5) is 11.5 Å². The largest absolute Gasteiger partial charge is 0.393 e. The van der Waals surface area contributed by atoms with Crippen molar-refractivity contribution >= 4 is 53.7 Å². The van der Waals surface area contributed by atoms with Crippen LogP contribution in [0.3, 0.4) is 0 Å². The number of aliphatic hydroxyl groups excluding tert-OH is 1. The molecule has 1 atom stereocenters. The van der Waals surface area contributed by atoms with Gasteiger partial charge < -0.3 is 60.1 Å². The predicted octanol–water partition coefficient (Wildman–Crippen LogP) is 8.80. The molecule has 6 N–H and O–H groups in total. The van der Waals surface area contributed by atoms with E-state index in [1.165, 1.54) is 55.7 Å². The minimum atomic E-state index is -0.771. The summed E-state index contributed by atoms with van der Waals surface area (Å²) in [5.41, 5.74) is 14.7. The molecule has 0 aliphatic heterocycles. The molecule has 2 aromatic heterocycles. The second-order valence-corrected chi connectivity index (χ2v) is 18.8. The van der Waals surface area contributed by atoms with Crippen LogP contribution in [-0.4, -0.2) is 142 Å². The van der Waals surface area contributed by atoms with Crippen LogP contribution in [0.2, 0.25) is 0 Å². The van der Waals surface area contributed by atoms with Crippen LogP contribution in [0.1, 0.15) is 109 Å². The van der Waals surface area contributed by atoms with Crippen LogP contribution >= 0.6 is 0 Å². The average molecular weight is 1100 g/mol. The molecule has 1 fully saturated rings. The van der Waals surface area contributed by atoms with E-state index in [-0.39, 0.29) is 30.1 Å². The number of unbranched alkanes of at least 4 members (excludes halogenated alkanes) is 3. The molecule has 2 heterocycles. The molecule has 1 aliphatic carbocycles. The van der Waals surface area contributed by atoms with Gasteiger partial charge in [0.2, 0.25) is 6.41 Å². The number of nitrogens with zero attached hydrogens (tertiary/aromatic N) is 4. The topological polar surface area (TPSA) is 229 Å². The molecule has 4 aromatic carbocycles. The van der Waals surface area contributed by atoms with Gasteiger partial charge in [0.15, 0.2) is 6.29 Å². The lowest BCUT2D eigenvalue weighted by Crippen LogP contribution is -2.39. The zero-order valence-electron chi connectivity index (χ0n) is 47.1. The number of aromatic nitrogens is 3. The minimum absolute atomic E-state index is 0.0359. The molecule has 6 aromatic rings. The second kappa shape index (κ2) is 38.9. The minimum Gasteiger partial charge on any atom is -0.393 e. The van der Waals surface area contributed by atoms with Crippen LogP contribution < -0.4 is 21.7 Å². The number of amides is 2. The van der Waals surface area contributed by atoms with Crippen LogP contribution in [0, 0.1) is 11.8 Å². The lowest BCUT2D eigenvalue weighted by atomic mass is 9.98. The number of fused-ring (bicyclic) bond motifs is 1. The Kier molecular flexibility index (Phi) is 31.6. The van der Waals surface area contributed by atoms with Crippen molar-refractivity contribution < 1.29 is 43.3 Å². The van der Waals surface area contributed by atoms with Crippen LogP contribution in [0.5, 0.6) is 0 Å². The van der Waals surface area contributed by atoms with E-state index in [4.69, 9.17) is 30.0 Å². The van der Waals surface area contributed by atoms with Gasteiger partial charge in [-0.3, -0.25) is 14.4 Å². The Morgan fingerprint density at radius 3 is 2.09 bits per heavy atom. The third kappa shape index (κ3) is 21.9. The molecule has 0 radical (unpaired) electrons. The molecule has 0 bridgehead atoms. The van der Waals surface area contributed by atoms with Crippen molar-refractivity contribution in [1.82, 2.24) is 30.1 Å². The number of carbonyl (C=O) groups is 5. The Morgan fingerprint density at radius 2 is 1.48 bits per heavy atom. The number of benzene rings is 4. The summed E-state index contributed by atoms with van der Waals surface area (Å²) in [5, 5.41) is 18.1. The van der Waals surface area contributed by atoms with Crippen molar-refractivity contribution in [3.05, 3.63) is 132 Å². The van der Waals surface area contributed by atoms with Crippen molar-refractivity contribution in [2.24, 2.45) is 0 Å². The smallest absolute Gasteiger partial charge is 0.257 e. The highest BCUT2D eigenvalue weighted by molar-refractivity contribution is 6.08. The maximum Gasteiger partial charge on any atom is 0.257 e. The van der Waals surface area contributed by atoms with E-state index in [1.54, 1.807) is 18.5 Å². The Morgan fingerprint density at radius 1 is 0.825 bits per heavy atom. The molecule has 0 spiro atoms. The molecule has 1 saturated carbocycles. The van der Waals surface area contributed by atoms with Gasteiger partial charge in [-0.05, 0) is 74.7 Å². The van der Waals surface area contributed by atoms with Gasteiger partial charge in [0, 0.05) is 61.9 Å². The summed E-state index contributed by atoms with van der Waals surface area (Å²) in [6.45, 7) is 6.04. The highest BCUT2D eigenvalue weighted by atomic mass is 16.5. The number of nitrogens with one attached hydrogen (secondary N) is 3. The van der Waals surface area contributed by atoms with Crippen molar-refractivity contribution in [2.45, 2.75) is 96.2 Å². The third-order valence-corrected chi connectivity index (χ3v) is 12.7. The zero-order chi connectivity index (χ0) is 57.6. The Labute approximate surface area is 472 Å². The number of rotatable bonds is 28.